The highest BCUT2D eigenvalue weighted by atomic mass is 32.2. The highest BCUT2D eigenvalue weighted by Crippen LogP contribution is 2.22. The molecule has 0 amide bonds. The number of nitrogens with two attached hydrogens (primary N) is 1. The number of nitrogen functional groups attached to an aromatic ring is 1. The maximum atomic E-state index is 12.0. The van der Waals surface area contributed by atoms with Crippen molar-refractivity contribution < 1.29 is 9.53 Å². The normalized spacial score (nSPS) is 11.8. The van der Waals surface area contributed by atoms with Crippen molar-refractivity contribution in [2.24, 2.45) is 0 Å². The largest absolute Gasteiger partial charge is 0.482 e. The van der Waals surface area contributed by atoms with Gasteiger partial charge in [-0.2, -0.15) is 0 Å². The van der Waals surface area contributed by atoms with E-state index in [1.165, 1.54) is 11.8 Å². The van der Waals surface area contributed by atoms with Crippen molar-refractivity contribution in [2.75, 3.05) is 5.73 Å². The first-order chi connectivity index (χ1) is 9.15. The van der Waals surface area contributed by atoms with Crippen LogP contribution in [0.5, 0.6) is 5.75 Å². The molecule has 2 N–H and O–H groups in total. The maximum Gasteiger partial charge on any atom is 0.233 e. The maximum absolute atomic E-state index is 12.0. The molecule has 1 atom stereocenters. The number of benzene rings is 2. The third-order valence-electron chi connectivity index (χ3n) is 2.46. The van der Waals surface area contributed by atoms with E-state index in [2.05, 4.69) is 0 Å². The second-order valence-electron chi connectivity index (χ2n) is 4.07. The molecule has 0 aliphatic heterocycles. The summed E-state index contributed by atoms with van der Waals surface area (Å²) in [5.74, 6) is 0.606. The fourth-order valence-corrected chi connectivity index (χ4v) is 2.27. The average Bonchev–Trinajstić information content (AvgIpc) is 2.40. The standard InChI is InChI=1S/C15H15NO2S/c1-11(18-13-7-5-6-12(16)10-13)15(17)19-14-8-3-2-4-9-14/h2-11H,16H2,1H3. The van der Waals surface area contributed by atoms with Crippen molar-refractivity contribution in [1.29, 1.82) is 0 Å². The van der Waals surface area contributed by atoms with Gasteiger partial charge >= 0.3 is 0 Å². The highest BCUT2D eigenvalue weighted by molar-refractivity contribution is 8.13. The molecule has 0 spiro atoms. The molecule has 19 heavy (non-hydrogen) atoms. The SMILES string of the molecule is CC(Oc1cccc(N)c1)C(=O)Sc1ccccc1. The minimum atomic E-state index is -0.521. The van der Waals surface area contributed by atoms with Crippen LogP contribution in [0.25, 0.3) is 0 Å². The molecule has 2 aromatic rings. The Morgan fingerprint density at radius 1 is 1.16 bits per heavy atom. The number of rotatable bonds is 4. The lowest BCUT2D eigenvalue weighted by Crippen LogP contribution is -2.20. The quantitative estimate of drug-likeness (QED) is 0.685. The molecule has 3 nitrogen and oxygen atoms in total. The van der Waals surface area contributed by atoms with Crippen molar-refractivity contribution in [3.8, 4) is 5.75 Å². The Morgan fingerprint density at radius 3 is 2.58 bits per heavy atom. The average molecular weight is 273 g/mol. The van der Waals surface area contributed by atoms with Crippen molar-refractivity contribution in [1.82, 2.24) is 0 Å². The summed E-state index contributed by atoms with van der Waals surface area (Å²) in [5, 5.41) is -0.0337. The number of hydrogen-bond donors (Lipinski definition) is 1. The molecule has 0 heterocycles. The molecule has 0 fully saturated rings. The topological polar surface area (TPSA) is 52.3 Å². The van der Waals surface area contributed by atoms with Gasteiger partial charge in [-0.1, -0.05) is 24.3 Å². The summed E-state index contributed by atoms with van der Waals surface area (Å²) < 4.78 is 5.58. The minimum Gasteiger partial charge on any atom is -0.482 e. The summed E-state index contributed by atoms with van der Waals surface area (Å²) >= 11 is 1.18. The Hall–Kier alpha value is -1.94. The molecule has 4 heteroatoms. The first-order valence-corrected chi connectivity index (χ1v) is 6.76. The van der Waals surface area contributed by atoms with Gasteiger partial charge in [-0.25, -0.2) is 0 Å². The van der Waals surface area contributed by atoms with Crippen LogP contribution >= 0.6 is 11.8 Å². The van der Waals surface area contributed by atoms with Crippen LogP contribution in [0, 0.1) is 0 Å². The van der Waals surface area contributed by atoms with E-state index in [-0.39, 0.29) is 5.12 Å². The number of anilines is 1. The van der Waals surface area contributed by atoms with E-state index >= 15 is 0 Å². The first-order valence-electron chi connectivity index (χ1n) is 5.94. The predicted octanol–water partition coefficient (Wildman–Crippen LogP) is 3.36. The third kappa shape index (κ3) is 4.03. The minimum absolute atomic E-state index is 0.0337. The van der Waals surface area contributed by atoms with E-state index in [9.17, 15) is 4.79 Å². The fraction of sp³-hybridized carbons (Fsp3) is 0.133. The summed E-state index contributed by atoms with van der Waals surface area (Å²) in [7, 11) is 0. The van der Waals surface area contributed by atoms with Gasteiger partial charge < -0.3 is 10.5 Å². The lowest BCUT2D eigenvalue weighted by molar-refractivity contribution is -0.116. The molecule has 1 unspecified atom stereocenters. The Morgan fingerprint density at radius 2 is 1.89 bits per heavy atom. The lowest BCUT2D eigenvalue weighted by atomic mass is 10.3. The van der Waals surface area contributed by atoms with E-state index < -0.39 is 6.10 Å². The van der Waals surface area contributed by atoms with Gasteiger partial charge in [0.25, 0.3) is 0 Å². The fourth-order valence-electron chi connectivity index (χ4n) is 1.53. The molecular weight excluding hydrogens is 258 g/mol. The van der Waals surface area contributed by atoms with Crippen LogP contribution in [0.2, 0.25) is 0 Å². The van der Waals surface area contributed by atoms with Gasteiger partial charge in [-0.15, -0.1) is 0 Å². The van der Waals surface area contributed by atoms with Gasteiger partial charge in [-0.05, 0) is 43.0 Å². The first kappa shape index (κ1) is 13.5. The highest BCUT2D eigenvalue weighted by Gasteiger charge is 2.16. The van der Waals surface area contributed by atoms with Crippen molar-refractivity contribution >= 4 is 22.6 Å². The number of carbonyl (C=O) groups excluding carboxylic acids is 1. The molecule has 98 valence electrons. The zero-order valence-corrected chi connectivity index (χ0v) is 11.4. The van der Waals surface area contributed by atoms with Crippen molar-refractivity contribution in [3.05, 3.63) is 54.6 Å². The van der Waals surface area contributed by atoms with Gasteiger partial charge in [0.1, 0.15) is 5.75 Å². The van der Waals surface area contributed by atoms with Gasteiger partial charge in [0.15, 0.2) is 6.10 Å². The van der Waals surface area contributed by atoms with Crippen LogP contribution in [-0.2, 0) is 4.79 Å². The van der Waals surface area contributed by atoms with Crippen LogP contribution < -0.4 is 10.5 Å². The molecule has 0 saturated heterocycles. The Bertz CT molecular complexity index is 557. The Kier molecular flexibility index (Phi) is 4.47. The molecule has 0 bridgehead atoms. The van der Waals surface area contributed by atoms with Crippen LogP contribution in [0.15, 0.2) is 59.5 Å². The Labute approximate surface area is 116 Å². The number of ether oxygens (including phenoxy) is 1. The molecule has 0 aliphatic rings. The molecule has 0 aromatic heterocycles. The smallest absolute Gasteiger partial charge is 0.233 e. The third-order valence-corrected chi connectivity index (χ3v) is 3.51. The van der Waals surface area contributed by atoms with Crippen molar-refractivity contribution in [2.45, 2.75) is 17.9 Å². The molecular formula is C15H15NO2S. The van der Waals surface area contributed by atoms with Gasteiger partial charge in [-0.3, -0.25) is 4.79 Å². The second kappa shape index (κ2) is 6.29. The predicted molar refractivity (Wildman–Crippen MR) is 78.3 cm³/mol. The molecule has 2 aromatic carbocycles. The Balaban J connectivity index is 1.96. The summed E-state index contributed by atoms with van der Waals surface area (Å²) in [6, 6.07) is 16.6. The van der Waals surface area contributed by atoms with Crippen LogP contribution in [-0.4, -0.2) is 11.2 Å². The zero-order valence-electron chi connectivity index (χ0n) is 10.6. The molecule has 0 aliphatic carbocycles. The summed E-state index contributed by atoms with van der Waals surface area (Å²) in [4.78, 5) is 12.9. The van der Waals surface area contributed by atoms with E-state index in [0.717, 1.165) is 4.90 Å². The van der Waals surface area contributed by atoms with E-state index in [0.29, 0.717) is 11.4 Å². The van der Waals surface area contributed by atoms with Gasteiger partial charge in [0.05, 0.1) is 0 Å². The zero-order chi connectivity index (χ0) is 13.7. The number of thioether (sulfide) groups is 1. The van der Waals surface area contributed by atoms with Crippen molar-refractivity contribution in [3.63, 3.8) is 0 Å². The molecule has 0 radical (unpaired) electrons. The van der Waals surface area contributed by atoms with Gasteiger partial charge in [0.2, 0.25) is 5.12 Å². The summed E-state index contributed by atoms with van der Waals surface area (Å²) in [5.41, 5.74) is 6.28. The van der Waals surface area contributed by atoms with Crippen LogP contribution in [0.3, 0.4) is 0 Å². The molecule has 2 rings (SSSR count). The summed E-state index contributed by atoms with van der Waals surface area (Å²) in [6.07, 6.45) is -0.521. The number of carbonyl (C=O) groups is 1. The lowest BCUT2D eigenvalue weighted by Gasteiger charge is -2.13. The van der Waals surface area contributed by atoms with E-state index in [1.807, 2.05) is 30.3 Å². The van der Waals surface area contributed by atoms with E-state index in [1.54, 1.807) is 31.2 Å². The second-order valence-corrected chi connectivity index (χ2v) is 5.14. The monoisotopic (exact) mass is 273 g/mol. The van der Waals surface area contributed by atoms with E-state index in [4.69, 9.17) is 10.5 Å². The van der Waals surface area contributed by atoms with Crippen LogP contribution in [0.4, 0.5) is 5.69 Å². The van der Waals surface area contributed by atoms with Gasteiger partial charge in [0, 0.05) is 16.6 Å². The number of hydrogen-bond acceptors (Lipinski definition) is 4. The summed E-state index contributed by atoms with van der Waals surface area (Å²) in [6.45, 7) is 1.74. The molecule has 0 saturated carbocycles. The van der Waals surface area contributed by atoms with Crippen LogP contribution in [0.1, 0.15) is 6.92 Å².